The van der Waals surface area contributed by atoms with Crippen molar-refractivity contribution in [2.45, 2.75) is 31.7 Å². The molecule has 0 heterocycles. The fourth-order valence-corrected chi connectivity index (χ4v) is 1.76. The molecule has 1 nitrogen and oxygen atoms in total. The Kier molecular flexibility index (Phi) is 5.57. The summed E-state index contributed by atoms with van der Waals surface area (Å²) >= 11 is 0. The first-order valence-electron chi connectivity index (χ1n) is 4.06. The first-order chi connectivity index (χ1) is 5.42. The molecule has 0 radical (unpaired) electrons. The first kappa shape index (κ1) is 12.0. The van der Waals surface area contributed by atoms with Crippen LogP contribution in [0.3, 0.4) is 0 Å². The molecule has 0 aromatic carbocycles. The standard InChI is InChI=1S/C7H15F3OSi/c1-12(2)5-3-4-11-6-7(8,9)10/h12H,3-6H2,1-2H3. The molecule has 0 aromatic rings. The van der Waals surface area contributed by atoms with E-state index in [4.69, 9.17) is 0 Å². The Morgan fingerprint density at radius 2 is 1.83 bits per heavy atom. The maximum Gasteiger partial charge on any atom is 0.411 e. The van der Waals surface area contributed by atoms with Gasteiger partial charge in [-0.2, -0.15) is 13.2 Å². The molecule has 0 aromatic heterocycles. The van der Waals surface area contributed by atoms with Gasteiger partial charge in [0, 0.05) is 15.4 Å². The second kappa shape index (κ2) is 5.58. The van der Waals surface area contributed by atoms with E-state index in [-0.39, 0.29) is 6.61 Å². The molecule has 12 heavy (non-hydrogen) atoms. The van der Waals surface area contributed by atoms with Gasteiger partial charge < -0.3 is 4.74 Å². The van der Waals surface area contributed by atoms with Gasteiger partial charge in [0.15, 0.2) is 0 Å². The van der Waals surface area contributed by atoms with Crippen molar-refractivity contribution in [1.82, 2.24) is 0 Å². The molecule has 5 heteroatoms. The Morgan fingerprint density at radius 3 is 2.25 bits per heavy atom. The average molecular weight is 200 g/mol. The Bertz CT molecular complexity index is 114. The van der Waals surface area contributed by atoms with Crippen molar-refractivity contribution in [1.29, 1.82) is 0 Å². The number of alkyl halides is 3. The maximum atomic E-state index is 11.5. The molecule has 0 bridgehead atoms. The van der Waals surface area contributed by atoms with Gasteiger partial charge in [-0.25, -0.2) is 0 Å². The number of hydrogen-bond acceptors (Lipinski definition) is 1. The highest BCUT2D eigenvalue weighted by Crippen LogP contribution is 2.14. The smallest absolute Gasteiger partial charge is 0.372 e. The van der Waals surface area contributed by atoms with Crippen molar-refractivity contribution in [3.63, 3.8) is 0 Å². The van der Waals surface area contributed by atoms with Crippen LogP contribution in [0.5, 0.6) is 0 Å². The Hall–Kier alpha value is -0.0331. The summed E-state index contributed by atoms with van der Waals surface area (Å²) < 4.78 is 39.0. The molecule has 0 aliphatic rings. The highest BCUT2D eigenvalue weighted by atomic mass is 28.3. The van der Waals surface area contributed by atoms with Crippen molar-refractivity contribution in [2.24, 2.45) is 0 Å². The van der Waals surface area contributed by atoms with Crippen LogP contribution in [-0.4, -0.2) is 28.2 Å². The second-order valence-corrected chi connectivity index (χ2v) is 6.57. The molecule has 0 amide bonds. The van der Waals surface area contributed by atoms with Gasteiger partial charge >= 0.3 is 6.18 Å². The second-order valence-electron chi connectivity index (χ2n) is 3.20. The molecule has 0 atom stereocenters. The van der Waals surface area contributed by atoms with E-state index < -0.39 is 21.6 Å². The average Bonchev–Trinajstić information content (AvgIpc) is 1.83. The lowest BCUT2D eigenvalue weighted by Gasteiger charge is -2.07. The van der Waals surface area contributed by atoms with Crippen molar-refractivity contribution >= 4 is 8.80 Å². The van der Waals surface area contributed by atoms with Crippen LogP contribution in [0.25, 0.3) is 0 Å². The lowest BCUT2D eigenvalue weighted by molar-refractivity contribution is -0.173. The predicted octanol–water partition coefficient (Wildman–Crippen LogP) is 2.44. The minimum Gasteiger partial charge on any atom is -0.372 e. The van der Waals surface area contributed by atoms with E-state index in [0.717, 1.165) is 12.5 Å². The minimum absolute atomic E-state index is 0.241. The molecule has 0 aliphatic heterocycles. The zero-order valence-electron chi connectivity index (χ0n) is 7.45. The van der Waals surface area contributed by atoms with E-state index in [1.165, 1.54) is 0 Å². The van der Waals surface area contributed by atoms with Gasteiger partial charge in [-0.3, -0.25) is 0 Å². The molecular weight excluding hydrogens is 185 g/mol. The zero-order valence-corrected chi connectivity index (χ0v) is 8.60. The van der Waals surface area contributed by atoms with Gasteiger partial charge in [0.2, 0.25) is 0 Å². The predicted molar refractivity (Wildman–Crippen MR) is 45.2 cm³/mol. The molecule has 0 saturated heterocycles. The lowest BCUT2D eigenvalue weighted by atomic mass is 10.5. The summed E-state index contributed by atoms with van der Waals surface area (Å²) in [6.07, 6.45) is -3.41. The molecule has 0 fully saturated rings. The summed E-state index contributed by atoms with van der Waals surface area (Å²) in [5, 5.41) is 0. The van der Waals surface area contributed by atoms with Gasteiger partial charge in [0.25, 0.3) is 0 Å². The monoisotopic (exact) mass is 200 g/mol. The number of hydrogen-bond donors (Lipinski definition) is 0. The molecule has 0 rings (SSSR count). The SMILES string of the molecule is C[SiH](C)CCCOCC(F)(F)F. The molecule has 0 aliphatic carbocycles. The molecule has 74 valence electrons. The summed E-state index contributed by atoms with van der Waals surface area (Å²) in [7, 11) is -0.616. The van der Waals surface area contributed by atoms with E-state index >= 15 is 0 Å². The van der Waals surface area contributed by atoms with Crippen molar-refractivity contribution in [3.05, 3.63) is 0 Å². The summed E-state index contributed by atoms with van der Waals surface area (Å²) in [6.45, 7) is 3.48. The largest absolute Gasteiger partial charge is 0.411 e. The van der Waals surface area contributed by atoms with Crippen LogP contribution in [0.15, 0.2) is 0 Å². The molecule has 0 N–H and O–H groups in total. The highest BCUT2D eigenvalue weighted by molar-refractivity contribution is 6.55. The quantitative estimate of drug-likeness (QED) is 0.489. The Morgan fingerprint density at radius 1 is 1.25 bits per heavy atom. The Balaban J connectivity index is 3.12. The minimum atomic E-state index is -4.17. The van der Waals surface area contributed by atoms with Crippen LogP contribution in [0, 0.1) is 0 Å². The van der Waals surface area contributed by atoms with Crippen LogP contribution in [0.4, 0.5) is 13.2 Å². The van der Waals surface area contributed by atoms with Gasteiger partial charge in [-0.05, 0) is 6.42 Å². The van der Waals surface area contributed by atoms with Gasteiger partial charge in [-0.15, -0.1) is 0 Å². The van der Waals surface area contributed by atoms with E-state index in [1.54, 1.807) is 0 Å². The van der Waals surface area contributed by atoms with Crippen LogP contribution in [0.2, 0.25) is 19.1 Å². The molecule has 0 unspecified atom stereocenters. The fourth-order valence-electron chi connectivity index (χ4n) is 0.782. The summed E-state index contributed by atoms with van der Waals surface area (Å²) in [5.41, 5.74) is 0. The molecule has 0 spiro atoms. The van der Waals surface area contributed by atoms with Crippen molar-refractivity contribution in [3.8, 4) is 0 Å². The third kappa shape index (κ3) is 9.97. The number of halogens is 3. The van der Waals surface area contributed by atoms with E-state index in [9.17, 15) is 13.2 Å². The Labute approximate surface area is 72.5 Å². The van der Waals surface area contributed by atoms with E-state index in [2.05, 4.69) is 17.8 Å². The summed E-state index contributed by atoms with van der Waals surface area (Å²) in [6, 6.07) is 1.05. The normalized spacial score (nSPS) is 12.5. The maximum absolute atomic E-state index is 11.5. The van der Waals surface area contributed by atoms with Crippen molar-refractivity contribution in [2.75, 3.05) is 13.2 Å². The third-order valence-electron chi connectivity index (χ3n) is 1.34. The highest BCUT2D eigenvalue weighted by Gasteiger charge is 2.27. The van der Waals surface area contributed by atoms with Crippen LogP contribution < -0.4 is 0 Å². The van der Waals surface area contributed by atoms with Crippen molar-refractivity contribution < 1.29 is 17.9 Å². The fraction of sp³-hybridized carbons (Fsp3) is 1.00. The molecular formula is C7H15F3OSi. The molecule has 0 saturated carbocycles. The van der Waals surface area contributed by atoms with Crippen LogP contribution >= 0.6 is 0 Å². The lowest BCUT2D eigenvalue weighted by Crippen LogP contribution is -2.17. The summed E-state index contributed by atoms with van der Waals surface area (Å²) in [4.78, 5) is 0. The number of ether oxygens (including phenoxy) is 1. The van der Waals surface area contributed by atoms with Gasteiger partial charge in [0.05, 0.1) is 0 Å². The number of rotatable bonds is 5. The van der Waals surface area contributed by atoms with Crippen LogP contribution in [0.1, 0.15) is 6.42 Å². The zero-order chi connectivity index (χ0) is 9.61. The van der Waals surface area contributed by atoms with E-state index in [1.807, 2.05) is 0 Å². The third-order valence-corrected chi connectivity index (χ3v) is 2.90. The van der Waals surface area contributed by atoms with E-state index in [0.29, 0.717) is 0 Å². The van der Waals surface area contributed by atoms with Gasteiger partial charge in [-0.1, -0.05) is 19.1 Å². The summed E-state index contributed by atoms with van der Waals surface area (Å²) in [5.74, 6) is 0. The van der Waals surface area contributed by atoms with Gasteiger partial charge in [0.1, 0.15) is 6.61 Å². The topological polar surface area (TPSA) is 9.23 Å². The first-order valence-corrected chi connectivity index (χ1v) is 7.19. The van der Waals surface area contributed by atoms with Crippen LogP contribution in [-0.2, 0) is 4.74 Å².